The lowest BCUT2D eigenvalue weighted by Crippen LogP contribution is -2.41. The van der Waals surface area contributed by atoms with Crippen molar-refractivity contribution in [2.75, 3.05) is 13.2 Å². The van der Waals surface area contributed by atoms with E-state index in [4.69, 9.17) is 14.0 Å². The fourth-order valence-electron chi connectivity index (χ4n) is 2.26. The van der Waals surface area contributed by atoms with Gasteiger partial charge in [0, 0.05) is 5.92 Å². The van der Waals surface area contributed by atoms with E-state index in [9.17, 15) is 4.39 Å². The molecule has 0 saturated carbocycles. The van der Waals surface area contributed by atoms with Crippen molar-refractivity contribution in [3.05, 3.63) is 11.3 Å². The first-order chi connectivity index (χ1) is 8.28. The number of rotatable bonds is 2. The second-order valence-electron chi connectivity index (χ2n) is 6.08. The van der Waals surface area contributed by atoms with Gasteiger partial charge in [-0.25, -0.2) is 4.39 Å². The summed E-state index contributed by atoms with van der Waals surface area (Å²) in [7, 11) is -0.888. The van der Waals surface area contributed by atoms with Gasteiger partial charge < -0.3 is 14.0 Å². The summed E-state index contributed by atoms with van der Waals surface area (Å²) in [4.78, 5) is 0. The Hall–Kier alpha value is -0.385. The van der Waals surface area contributed by atoms with E-state index < -0.39 is 18.3 Å². The van der Waals surface area contributed by atoms with Crippen LogP contribution in [0.1, 0.15) is 41.0 Å². The lowest BCUT2D eigenvalue weighted by molar-refractivity contribution is 0.00578. The monoisotopic (exact) mass is 256 g/mol. The predicted octanol–water partition coefficient (Wildman–Crippen LogP) is 2.90. The topological polar surface area (TPSA) is 27.7 Å². The minimum absolute atomic E-state index is 0.157. The van der Waals surface area contributed by atoms with E-state index >= 15 is 0 Å². The molecule has 2 rings (SSSR count). The molecule has 0 aromatic rings. The Morgan fingerprint density at radius 3 is 2.33 bits per heavy atom. The summed E-state index contributed by atoms with van der Waals surface area (Å²) in [5, 5.41) is 0. The maximum atomic E-state index is 14.5. The third-order valence-electron chi connectivity index (χ3n) is 4.33. The average molecular weight is 256 g/mol. The molecule has 2 saturated heterocycles. The quantitative estimate of drug-likeness (QED) is 0.711. The fraction of sp³-hybridized carbons (Fsp3) is 0.846. The summed E-state index contributed by atoms with van der Waals surface area (Å²) in [6.45, 7) is 10.7. The molecule has 18 heavy (non-hydrogen) atoms. The molecular weight excluding hydrogens is 234 g/mol. The van der Waals surface area contributed by atoms with E-state index in [1.807, 2.05) is 34.6 Å². The second kappa shape index (κ2) is 4.62. The zero-order valence-corrected chi connectivity index (χ0v) is 11.9. The third-order valence-corrected chi connectivity index (χ3v) is 4.33. The van der Waals surface area contributed by atoms with Gasteiger partial charge in [-0.1, -0.05) is 6.92 Å². The lowest BCUT2D eigenvalue weighted by atomic mass is 9.81. The number of ether oxygens (including phenoxy) is 1. The Labute approximate surface area is 109 Å². The smallest absolute Gasteiger partial charge is 0.398 e. The highest BCUT2D eigenvalue weighted by atomic mass is 19.1. The predicted molar refractivity (Wildman–Crippen MR) is 68.8 cm³/mol. The van der Waals surface area contributed by atoms with Gasteiger partial charge in [0.2, 0.25) is 0 Å². The molecular formula is C13H22BFO3. The van der Waals surface area contributed by atoms with E-state index in [0.717, 1.165) is 6.42 Å². The van der Waals surface area contributed by atoms with E-state index in [1.54, 1.807) is 0 Å². The van der Waals surface area contributed by atoms with Gasteiger partial charge in [0.1, 0.15) is 5.73 Å². The molecule has 0 amide bonds. The molecule has 0 spiro atoms. The summed E-state index contributed by atoms with van der Waals surface area (Å²) in [6.07, 6.45) is 0.877. The summed E-state index contributed by atoms with van der Waals surface area (Å²) < 4.78 is 31.3. The van der Waals surface area contributed by atoms with Crippen LogP contribution in [-0.2, 0) is 14.0 Å². The van der Waals surface area contributed by atoms with Gasteiger partial charge in [-0.3, -0.25) is 0 Å². The largest absolute Gasteiger partial charge is 0.525 e. The van der Waals surface area contributed by atoms with Gasteiger partial charge in [0.15, 0.2) is 0 Å². The van der Waals surface area contributed by atoms with Gasteiger partial charge in [-0.05, 0) is 39.7 Å². The van der Waals surface area contributed by atoms with E-state index in [1.165, 1.54) is 0 Å². The van der Waals surface area contributed by atoms with Crippen molar-refractivity contribution in [3.63, 3.8) is 0 Å². The Morgan fingerprint density at radius 2 is 1.83 bits per heavy atom. The van der Waals surface area contributed by atoms with Crippen LogP contribution in [0.5, 0.6) is 0 Å². The second-order valence-corrected chi connectivity index (χ2v) is 6.08. The van der Waals surface area contributed by atoms with E-state index in [0.29, 0.717) is 18.8 Å². The van der Waals surface area contributed by atoms with Gasteiger partial charge >= 0.3 is 7.12 Å². The summed E-state index contributed by atoms with van der Waals surface area (Å²) >= 11 is 0. The molecule has 0 radical (unpaired) electrons. The average Bonchev–Trinajstić information content (AvgIpc) is 2.81. The standard InChI is InChI=1S/C13H22BFO3/c1-6-9-7-16-8-10(9)11(15)14-17-12(2,3)13(4,5)18-14/h9H,6-8H2,1-5H3. The van der Waals surface area contributed by atoms with Gasteiger partial charge in [-0.15, -0.1) is 0 Å². The molecule has 2 aliphatic rings. The molecule has 0 N–H and O–H groups in total. The number of hydrogen-bond acceptors (Lipinski definition) is 3. The van der Waals surface area contributed by atoms with E-state index in [-0.39, 0.29) is 11.6 Å². The molecule has 5 heteroatoms. The van der Waals surface area contributed by atoms with Crippen molar-refractivity contribution in [3.8, 4) is 0 Å². The lowest BCUT2D eigenvalue weighted by Gasteiger charge is -2.32. The molecule has 0 aliphatic carbocycles. The van der Waals surface area contributed by atoms with Crippen molar-refractivity contribution in [1.82, 2.24) is 0 Å². The maximum absolute atomic E-state index is 14.5. The highest BCUT2D eigenvalue weighted by Gasteiger charge is 2.54. The molecule has 1 atom stereocenters. The maximum Gasteiger partial charge on any atom is 0.525 e. The molecule has 3 nitrogen and oxygen atoms in total. The molecule has 2 fully saturated rings. The van der Waals surface area contributed by atoms with Crippen molar-refractivity contribution in [2.24, 2.45) is 5.92 Å². The molecule has 102 valence electrons. The SMILES string of the molecule is CCC1COCC1=C(F)B1OC(C)(C)C(C)(C)O1. The molecule has 0 aromatic carbocycles. The third kappa shape index (κ3) is 2.24. The Kier molecular flexibility index (Phi) is 3.60. The Balaban J connectivity index is 2.21. The van der Waals surface area contributed by atoms with Crippen molar-refractivity contribution in [2.45, 2.75) is 52.2 Å². The van der Waals surface area contributed by atoms with Crippen LogP contribution < -0.4 is 0 Å². The molecule has 0 bridgehead atoms. The summed E-state index contributed by atoms with van der Waals surface area (Å²) in [5.74, 6) is 0.157. The Morgan fingerprint density at radius 1 is 1.28 bits per heavy atom. The zero-order chi connectivity index (χ0) is 13.6. The van der Waals surface area contributed by atoms with Crippen LogP contribution in [0.4, 0.5) is 4.39 Å². The minimum atomic E-state index is -0.888. The highest BCUT2D eigenvalue weighted by molar-refractivity contribution is 6.53. The van der Waals surface area contributed by atoms with Gasteiger partial charge in [-0.2, -0.15) is 0 Å². The van der Waals surface area contributed by atoms with Crippen LogP contribution >= 0.6 is 0 Å². The van der Waals surface area contributed by atoms with Crippen molar-refractivity contribution < 1.29 is 18.4 Å². The molecule has 2 aliphatic heterocycles. The highest BCUT2D eigenvalue weighted by Crippen LogP contribution is 2.40. The minimum Gasteiger partial charge on any atom is -0.398 e. The fourth-order valence-corrected chi connectivity index (χ4v) is 2.26. The van der Waals surface area contributed by atoms with Crippen LogP contribution in [0.2, 0.25) is 0 Å². The first-order valence-corrected chi connectivity index (χ1v) is 6.60. The van der Waals surface area contributed by atoms with Crippen molar-refractivity contribution >= 4 is 7.12 Å². The summed E-state index contributed by atoms with van der Waals surface area (Å²) in [6, 6.07) is 0. The summed E-state index contributed by atoms with van der Waals surface area (Å²) in [5.41, 5.74) is -0.595. The number of hydrogen-bond donors (Lipinski definition) is 0. The van der Waals surface area contributed by atoms with Crippen LogP contribution in [0.25, 0.3) is 0 Å². The van der Waals surface area contributed by atoms with Crippen molar-refractivity contribution in [1.29, 1.82) is 0 Å². The van der Waals surface area contributed by atoms with Crippen LogP contribution in [0.15, 0.2) is 11.3 Å². The van der Waals surface area contributed by atoms with Gasteiger partial charge in [0.25, 0.3) is 0 Å². The molecule has 2 heterocycles. The van der Waals surface area contributed by atoms with Gasteiger partial charge in [0.05, 0.1) is 24.4 Å². The molecule has 1 unspecified atom stereocenters. The number of halogens is 1. The first-order valence-electron chi connectivity index (χ1n) is 6.60. The van der Waals surface area contributed by atoms with E-state index in [2.05, 4.69) is 0 Å². The molecule has 0 aromatic heterocycles. The Bertz CT molecular complexity index is 349. The van der Waals surface area contributed by atoms with Crippen LogP contribution in [-0.4, -0.2) is 31.5 Å². The zero-order valence-electron chi connectivity index (χ0n) is 11.9. The first kappa shape index (κ1) is 14.0. The van der Waals surface area contributed by atoms with Crippen LogP contribution in [0.3, 0.4) is 0 Å². The van der Waals surface area contributed by atoms with Crippen LogP contribution in [0, 0.1) is 5.92 Å². The normalized spacial score (nSPS) is 33.0.